The van der Waals surface area contributed by atoms with Gasteiger partial charge in [0.05, 0.1) is 0 Å². The van der Waals surface area contributed by atoms with Crippen molar-refractivity contribution in [1.29, 1.82) is 0 Å². The summed E-state index contributed by atoms with van der Waals surface area (Å²) in [6.07, 6.45) is 15.6. The van der Waals surface area contributed by atoms with Crippen LogP contribution in [0.3, 0.4) is 0 Å². The van der Waals surface area contributed by atoms with Crippen molar-refractivity contribution in [3.05, 3.63) is 0 Å². The second-order valence-corrected chi connectivity index (χ2v) is 6.46. The Hall–Kier alpha value is -0.0400. The normalized spacial score (nSPS) is 20.2. The predicted molar refractivity (Wildman–Crippen MR) is 82.1 cm³/mol. The molecular weight excluding hydrogens is 218 g/mol. The highest BCUT2D eigenvalue weighted by atomic mass is 15.2. The summed E-state index contributed by atoms with van der Waals surface area (Å²) in [5.41, 5.74) is 0.513. The van der Waals surface area contributed by atoms with Crippen LogP contribution in [0.4, 0.5) is 0 Å². The van der Waals surface area contributed by atoms with Gasteiger partial charge in [0.25, 0.3) is 0 Å². The molecule has 108 valence electrons. The molecule has 1 fully saturated rings. The summed E-state index contributed by atoms with van der Waals surface area (Å²) in [5.74, 6) is 0. The Kier molecular flexibility index (Phi) is 7.97. The summed E-state index contributed by atoms with van der Waals surface area (Å²) >= 11 is 0. The lowest BCUT2D eigenvalue weighted by Gasteiger charge is -2.39. The van der Waals surface area contributed by atoms with Gasteiger partial charge >= 0.3 is 0 Å². The van der Waals surface area contributed by atoms with Gasteiger partial charge < -0.3 is 0 Å². The number of hydrogen-bond acceptors (Lipinski definition) is 1. The molecule has 0 saturated carbocycles. The van der Waals surface area contributed by atoms with E-state index >= 15 is 0 Å². The molecule has 1 aliphatic rings. The Morgan fingerprint density at radius 3 is 1.94 bits per heavy atom. The largest absolute Gasteiger partial charge is 0.298 e. The second kappa shape index (κ2) is 8.96. The summed E-state index contributed by atoms with van der Waals surface area (Å²) in [5, 5.41) is 0. The van der Waals surface area contributed by atoms with Crippen LogP contribution in [0, 0.1) is 0 Å². The topological polar surface area (TPSA) is 3.24 Å². The van der Waals surface area contributed by atoms with E-state index in [1.807, 2.05) is 0 Å². The van der Waals surface area contributed by atoms with Crippen molar-refractivity contribution in [3.8, 4) is 0 Å². The smallest absolute Gasteiger partial charge is 0.0181 e. The number of rotatable bonds is 10. The van der Waals surface area contributed by atoms with Crippen LogP contribution >= 0.6 is 0 Å². The first kappa shape index (κ1) is 16.0. The zero-order chi connectivity index (χ0) is 13.3. The van der Waals surface area contributed by atoms with Crippen LogP contribution in [0.1, 0.15) is 91.4 Å². The SMILES string of the molecule is CCCCCCCC(C)(CCCC)N1CCCC1. The van der Waals surface area contributed by atoms with Gasteiger partial charge in [-0.2, -0.15) is 0 Å². The Balaban J connectivity index is 2.33. The van der Waals surface area contributed by atoms with Crippen molar-refractivity contribution in [2.75, 3.05) is 13.1 Å². The molecule has 0 aromatic carbocycles. The molecule has 1 atom stereocenters. The fourth-order valence-corrected chi connectivity index (χ4v) is 3.37. The minimum absolute atomic E-state index is 0.513. The number of nitrogens with zero attached hydrogens (tertiary/aromatic N) is 1. The summed E-state index contributed by atoms with van der Waals surface area (Å²) in [7, 11) is 0. The second-order valence-electron chi connectivity index (χ2n) is 6.46. The van der Waals surface area contributed by atoms with Crippen LogP contribution < -0.4 is 0 Å². The van der Waals surface area contributed by atoms with Gasteiger partial charge in [-0.3, -0.25) is 4.90 Å². The van der Waals surface area contributed by atoms with E-state index in [1.54, 1.807) is 0 Å². The fraction of sp³-hybridized carbons (Fsp3) is 1.00. The molecule has 18 heavy (non-hydrogen) atoms. The lowest BCUT2D eigenvalue weighted by molar-refractivity contribution is 0.108. The highest BCUT2D eigenvalue weighted by Crippen LogP contribution is 2.31. The Bertz CT molecular complexity index is 196. The van der Waals surface area contributed by atoms with E-state index in [0.29, 0.717) is 5.54 Å². The molecule has 0 aliphatic carbocycles. The summed E-state index contributed by atoms with van der Waals surface area (Å²) in [6, 6.07) is 0. The Labute approximate surface area is 115 Å². The first-order valence-corrected chi connectivity index (χ1v) is 8.48. The van der Waals surface area contributed by atoms with E-state index in [9.17, 15) is 0 Å². The lowest BCUT2D eigenvalue weighted by atomic mass is 9.87. The van der Waals surface area contributed by atoms with Gasteiger partial charge in [0.2, 0.25) is 0 Å². The van der Waals surface area contributed by atoms with Crippen molar-refractivity contribution >= 4 is 0 Å². The number of likely N-dealkylation sites (tertiary alicyclic amines) is 1. The van der Waals surface area contributed by atoms with Crippen LogP contribution in [-0.4, -0.2) is 23.5 Å². The molecule has 0 radical (unpaired) electrons. The zero-order valence-corrected chi connectivity index (χ0v) is 13.1. The minimum Gasteiger partial charge on any atom is -0.298 e. The molecule has 0 N–H and O–H groups in total. The van der Waals surface area contributed by atoms with Crippen molar-refractivity contribution in [2.45, 2.75) is 96.9 Å². The maximum absolute atomic E-state index is 2.79. The Morgan fingerprint density at radius 2 is 1.33 bits per heavy atom. The van der Waals surface area contributed by atoms with E-state index in [4.69, 9.17) is 0 Å². The molecule has 0 aromatic rings. The average molecular weight is 253 g/mol. The first-order chi connectivity index (χ1) is 8.73. The molecule has 1 saturated heterocycles. The van der Waals surface area contributed by atoms with Gasteiger partial charge in [0.15, 0.2) is 0 Å². The predicted octanol–water partition coefficient (Wildman–Crippen LogP) is 5.39. The molecule has 1 aliphatic heterocycles. The van der Waals surface area contributed by atoms with Crippen molar-refractivity contribution in [1.82, 2.24) is 4.90 Å². The maximum atomic E-state index is 2.79. The van der Waals surface area contributed by atoms with Crippen molar-refractivity contribution in [3.63, 3.8) is 0 Å². The first-order valence-electron chi connectivity index (χ1n) is 8.48. The average Bonchev–Trinajstić information content (AvgIpc) is 2.90. The van der Waals surface area contributed by atoms with Crippen LogP contribution in [0.15, 0.2) is 0 Å². The highest BCUT2D eigenvalue weighted by molar-refractivity contribution is 4.88. The summed E-state index contributed by atoms with van der Waals surface area (Å²) in [4.78, 5) is 2.79. The molecule has 1 rings (SSSR count). The fourth-order valence-electron chi connectivity index (χ4n) is 3.37. The minimum atomic E-state index is 0.513. The van der Waals surface area contributed by atoms with Gasteiger partial charge in [-0.1, -0.05) is 58.8 Å². The highest BCUT2D eigenvalue weighted by Gasteiger charge is 2.32. The zero-order valence-electron chi connectivity index (χ0n) is 13.1. The molecule has 1 heteroatoms. The van der Waals surface area contributed by atoms with Crippen molar-refractivity contribution in [2.24, 2.45) is 0 Å². The molecular formula is C17H35N. The van der Waals surface area contributed by atoms with Crippen LogP contribution in [0.2, 0.25) is 0 Å². The van der Waals surface area contributed by atoms with E-state index in [0.717, 1.165) is 0 Å². The van der Waals surface area contributed by atoms with Crippen LogP contribution in [-0.2, 0) is 0 Å². The standard InChI is InChI=1S/C17H35N/c1-4-6-8-9-10-14-17(3,13-7-5-2)18-15-11-12-16-18/h4-16H2,1-3H3. The van der Waals surface area contributed by atoms with E-state index < -0.39 is 0 Å². The van der Waals surface area contributed by atoms with Gasteiger partial charge in [-0.15, -0.1) is 0 Å². The third kappa shape index (κ3) is 5.30. The maximum Gasteiger partial charge on any atom is 0.0181 e. The molecule has 0 bridgehead atoms. The molecule has 0 aromatic heterocycles. The van der Waals surface area contributed by atoms with Gasteiger partial charge in [-0.25, -0.2) is 0 Å². The Morgan fingerprint density at radius 1 is 0.778 bits per heavy atom. The van der Waals surface area contributed by atoms with Gasteiger partial charge in [-0.05, 0) is 45.7 Å². The van der Waals surface area contributed by atoms with E-state index in [2.05, 4.69) is 25.7 Å². The molecule has 0 amide bonds. The van der Waals surface area contributed by atoms with Crippen molar-refractivity contribution < 1.29 is 0 Å². The molecule has 0 spiro atoms. The number of unbranched alkanes of at least 4 members (excludes halogenated alkanes) is 5. The van der Waals surface area contributed by atoms with Crippen LogP contribution in [0.5, 0.6) is 0 Å². The van der Waals surface area contributed by atoms with E-state index in [1.165, 1.54) is 83.7 Å². The van der Waals surface area contributed by atoms with E-state index in [-0.39, 0.29) is 0 Å². The summed E-state index contributed by atoms with van der Waals surface area (Å²) in [6.45, 7) is 9.87. The monoisotopic (exact) mass is 253 g/mol. The van der Waals surface area contributed by atoms with Gasteiger partial charge in [0, 0.05) is 5.54 Å². The third-order valence-electron chi connectivity index (χ3n) is 4.76. The summed E-state index contributed by atoms with van der Waals surface area (Å²) < 4.78 is 0. The number of hydrogen-bond donors (Lipinski definition) is 0. The third-order valence-corrected chi connectivity index (χ3v) is 4.76. The molecule has 1 heterocycles. The quantitative estimate of drug-likeness (QED) is 0.472. The lowest BCUT2D eigenvalue weighted by Crippen LogP contribution is -2.44. The van der Waals surface area contributed by atoms with Crippen LogP contribution in [0.25, 0.3) is 0 Å². The molecule has 1 nitrogen and oxygen atoms in total. The molecule has 1 unspecified atom stereocenters. The van der Waals surface area contributed by atoms with Gasteiger partial charge in [0.1, 0.15) is 0 Å².